The molecule has 0 unspecified atom stereocenters. The minimum absolute atomic E-state index is 1.11. The van der Waals surface area contributed by atoms with Crippen LogP contribution in [0.2, 0.25) is 0 Å². The van der Waals surface area contributed by atoms with Crippen molar-refractivity contribution in [1.29, 1.82) is 0 Å². The Hall–Kier alpha value is -3.19. The molecule has 0 radical (unpaired) electrons. The molecule has 4 aromatic carbocycles. The lowest BCUT2D eigenvalue weighted by molar-refractivity contribution is 1.35. The van der Waals surface area contributed by atoms with Crippen LogP contribution in [0.5, 0.6) is 0 Å². The smallest absolute Gasteiger partial charge is 0.0787 e. The lowest BCUT2D eigenvalue weighted by Crippen LogP contribution is -1.84. The van der Waals surface area contributed by atoms with Gasteiger partial charge in [0.15, 0.2) is 0 Å². The summed E-state index contributed by atoms with van der Waals surface area (Å²) in [6.45, 7) is 0. The molecule has 0 amide bonds. The van der Waals surface area contributed by atoms with Crippen LogP contribution in [0.1, 0.15) is 0 Å². The van der Waals surface area contributed by atoms with Gasteiger partial charge in [0.05, 0.1) is 5.69 Å². The Balaban J connectivity index is 1.93. The second kappa shape index (κ2) is 4.21. The highest BCUT2D eigenvalue weighted by Crippen LogP contribution is 2.48. The van der Waals surface area contributed by atoms with E-state index in [1.165, 1.54) is 49.0 Å². The minimum Gasteiger partial charge on any atom is -0.256 e. The van der Waals surface area contributed by atoms with Crippen LogP contribution in [0.3, 0.4) is 0 Å². The van der Waals surface area contributed by atoms with Crippen molar-refractivity contribution < 1.29 is 0 Å². The Morgan fingerprint density at radius 3 is 2.42 bits per heavy atom. The van der Waals surface area contributed by atoms with Gasteiger partial charge in [0.25, 0.3) is 0 Å². The Kier molecular flexibility index (Phi) is 2.15. The number of aromatic nitrogens is 1. The van der Waals surface area contributed by atoms with Crippen molar-refractivity contribution in [1.82, 2.24) is 4.98 Å². The molecule has 1 aliphatic carbocycles. The maximum atomic E-state index is 4.69. The monoisotopic (exact) mass is 303 g/mol. The normalized spacial score (nSPS) is 12.2. The molecule has 24 heavy (non-hydrogen) atoms. The molecule has 0 saturated carbocycles. The fourth-order valence-electron chi connectivity index (χ4n) is 4.22. The molecule has 1 nitrogen and oxygen atoms in total. The van der Waals surface area contributed by atoms with Crippen molar-refractivity contribution in [3.63, 3.8) is 0 Å². The van der Waals surface area contributed by atoms with Crippen LogP contribution in [0.15, 0.2) is 79.0 Å². The first-order chi connectivity index (χ1) is 11.9. The number of pyridine rings is 1. The highest BCUT2D eigenvalue weighted by Gasteiger charge is 2.23. The van der Waals surface area contributed by atoms with E-state index in [1.54, 1.807) is 0 Å². The molecule has 110 valence electrons. The molecular formula is C23H13N. The Labute approximate surface area is 139 Å². The summed E-state index contributed by atoms with van der Waals surface area (Å²) in [6.07, 6.45) is 1.89. The molecule has 0 bridgehead atoms. The summed E-state index contributed by atoms with van der Waals surface area (Å²) in [5, 5.41) is 7.89. The summed E-state index contributed by atoms with van der Waals surface area (Å²) in [7, 11) is 0. The Bertz CT molecular complexity index is 1300. The zero-order chi connectivity index (χ0) is 15.7. The van der Waals surface area contributed by atoms with Crippen LogP contribution in [-0.2, 0) is 0 Å². The minimum atomic E-state index is 1.11. The van der Waals surface area contributed by atoms with E-state index in [1.807, 2.05) is 12.3 Å². The van der Waals surface area contributed by atoms with Gasteiger partial charge in [-0.1, -0.05) is 60.7 Å². The third-order valence-electron chi connectivity index (χ3n) is 5.24. The number of nitrogens with zero attached hydrogens (tertiary/aromatic N) is 1. The van der Waals surface area contributed by atoms with Crippen LogP contribution < -0.4 is 0 Å². The van der Waals surface area contributed by atoms with Crippen molar-refractivity contribution in [3.05, 3.63) is 79.0 Å². The van der Waals surface area contributed by atoms with E-state index in [9.17, 15) is 0 Å². The summed E-state index contributed by atoms with van der Waals surface area (Å²) < 4.78 is 0. The quantitative estimate of drug-likeness (QED) is 0.305. The summed E-state index contributed by atoms with van der Waals surface area (Å²) in [5.74, 6) is 0. The number of hydrogen-bond donors (Lipinski definition) is 0. The summed E-state index contributed by atoms with van der Waals surface area (Å²) in [6, 6.07) is 26.3. The molecule has 1 heteroatoms. The fourth-order valence-corrected chi connectivity index (χ4v) is 4.22. The van der Waals surface area contributed by atoms with Gasteiger partial charge in [0.1, 0.15) is 0 Å². The van der Waals surface area contributed by atoms with Gasteiger partial charge in [-0.15, -0.1) is 0 Å². The largest absolute Gasteiger partial charge is 0.256 e. The molecule has 0 spiro atoms. The summed E-state index contributed by atoms with van der Waals surface area (Å²) in [4.78, 5) is 4.69. The Morgan fingerprint density at radius 1 is 0.542 bits per heavy atom. The second-order valence-corrected chi connectivity index (χ2v) is 6.43. The third kappa shape index (κ3) is 1.38. The number of benzene rings is 4. The van der Waals surface area contributed by atoms with E-state index < -0.39 is 0 Å². The first kappa shape index (κ1) is 12.3. The van der Waals surface area contributed by atoms with Crippen molar-refractivity contribution in [2.75, 3.05) is 0 Å². The van der Waals surface area contributed by atoms with Crippen molar-refractivity contribution >= 4 is 32.3 Å². The van der Waals surface area contributed by atoms with Crippen molar-refractivity contribution in [3.8, 4) is 22.4 Å². The highest BCUT2D eigenvalue weighted by atomic mass is 14.7. The topological polar surface area (TPSA) is 12.9 Å². The zero-order valence-corrected chi connectivity index (χ0v) is 13.0. The highest BCUT2D eigenvalue weighted by molar-refractivity contribution is 6.26. The predicted molar refractivity (Wildman–Crippen MR) is 101 cm³/mol. The molecule has 1 heterocycles. The van der Waals surface area contributed by atoms with E-state index in [4.69, 9.17) is 0 Å². The lowest BCUT2D eigenvalue weighted by Gasteiger charge is -2.10. The van der Waals surface area contributed by atoms with Crippen LogP contribution in [-0.4, -0.2) is 4.98 Å². The predicted octanol–water partition coefficient (Wildman–Crippen LogP) is 6.19. The van der Waals surface area contributed by atoms with Crippen LogP contribution >= 0.6 is 0 Å². The van der Waals surface area contributed by atoms with Gasteiger partial charge in [0, 0.05) is 17.3 Å². The lowest BCUT2D eigenvalue weighted by atomic mass is 9.94. The maximum Gasteiger partial charge on any atom is 0.0787 e. The van der Waals surface area contributed by atoms with Gasteiger partial charge in [-0.25, -0.2) is 0 Å². The average Bonchev–Trinajstić information content (AvgIpc) is 2.98. The molecule has 0 atom stereocenters. The molecule has 0 fully saturated rings. The van der Waals surface area contributed by atoms with Gasteiger partial charge >= 0.3 is 0 Å². The Morgan fingerprint density at radius 2 is 1.42 bits per heavy atom. The van der Waals surface area contributed by atoms with Crippen LogP contribution in [0, 0.1) is 0 Å². The second-order valence-electron chi connectivity index (χ2n) is 6.43. The number of hydrogen-bond acceptors (Lipinski definition) is 1. The third-order valence-corrected chi connectivity index (χ3v) is 5.24. The zero-order valence-electron chi connectivity index (χ0n) is 13.0. The van der Waals surface area contributed by atoms with Gasteiger partial charge < -0.3 is 0 Å². The fraction of sp³-hybridized carbons (Fsp3) is 0. The van der Waals surface area contributed by atoms with E-state index in [-0.39, 0.29) is 0 Å². The molecule has 6 rings (SSSR count). The number of fused-ring (bicyclic) bond motifs is 7. The van der Waals surface area contributed by atoms with Gasteiger partial charge in [-0.3, -0.25) is 4.98 Å². The molecule has 1 aliphatic rings. The van der Waals surface area contributed by atoms with Gasteiger partial charge in [0.2, 0.25) is 0 Å². The van der Waals surface area contributed by atoms with Crippen molar-refractivity contribution in [2.24, 2.45) is 0 Å². The van der Waals surface area contributed by atoms with Crippen LogP contribution in [0.4, 0.5) is 0 Å². The number of rotatable bonds is 0. The van der Waals surface area contributed by atoms with E-state index in [0.717, 1.165) is 5.69 Å². The van der Waals surface area contributed by atoms with E-state index >= 15 is 0 Å². The van der Waals surface area contributed by atoms with E-state index in [0.29, 0.717) is 0 Å². The maximum absolute atomic E-state index is 4.69. The van der Waals surface area contributed by atoms with Crippen molar-refractivity contribution in [2.45, 2.75) is 0 Å². The van der Waals surface area contributed by atoms with Gasteiger partial charge in [-0.05, 0) is 50.0 Å². The van der Waals surface area contributed by atoms with Gasteiger partial charge in [-0.2, -0.15) is 0 Å². The first-order valence-corrected chi connectivity index (χ1v) is 8.25. The molecular weight excluding hydrogens is 290 g/mol. The first-order valence-electron chi connectivity index (χ1n) is 8.25. The van der Waals surface area contributed by atoms with E-state index in [2.05, 4.69) is 71.7 Å². The molecule has 0 N–H and O–H groups in total. The standard InChI is InChI=1S/C23H13N/c1-2-6-15-14(5-1)10-11-16-17-7-3-8-18-19-9-4-12-24-23(19)21(22(17)18)13-20(15)16/h1-13H. The summed E-state index contributed by atoms with van der Waals surface area (Å²) >= 11 is 0. The molecule has 5 aromatic rings. The molecule has 0 aliphatic heterocycles. The summed E-state index contributed by atoms with van der Waals surface area (Å²) in [5.41, 5.74) is 4.93. The van der Waals surface area contributed by atoms with Crippen LogP contribution in [0.25, 0.3) is 54.7 Å². The molecule has 1 aromatic heterocycles. The molecule has 0 saturated heterocycles. The average molecular weight is 303 g/mol. The SMILES string of the molecule is c1cnc2c(c1)-c1cccc3c1c-2cc1c2ccccc2ccc31.